The maximum absolute atomic E-state index is 13.2. The summed E-state index contributed by atoms with van der Waals surface area (Å²) in [5, 5.41) is 19.4. The van der Waals surface area contributed by atoms with Crippen molar-refractivity contribution in [1.29, 1.82) is 0 Å². The number of phenols is 2. The van der Waals surface area contributed by atoms with Crippen LogP contribution in [-0.4, -0.2) is 34.6 Å². The van der Waals surface area contributed by atoms with Crippen LogP contribution in [0.1, 0.15) is 32.6 Å². The van der Waals surface area contributed by atoms with E-state index in [2.05, 4.69) is 18.2 Å². The Kier molecular flexibility index (Phi) is 6.83. The van der Waals surface area contributed by atoms with Crippen LogP contribution >= 0.6 is 11.8 Å². The van der Waals surface area contributed by atoms with E-state index < -0.39 is 0 Å². The Hall–Kier alpha value is -3.96. The smallest absolute Gasteiger partial charge is 0.253 e. The Balaban J connectivity index is 1.41. The molecule has 0 atom stereocenters. The van der Waals surface area contributed by atoms with Crippen LogP contribution in [-0.2, 0) is 12.8 Å². The van der Waals surface area contributed by atoms with Gasteiger partial charge in [0.1, 0.15) is 11.5 Å². The molecule has 4 aromatic carbocycles. The number of amides is 1. The van der Waals surface area contributed by atoms with Crippen molar-refractivity contribution in [3.8, 4) is 11.5 Å². The highest BCUT2D eigenvalue weighted by molar-refractivity contribution is 7.99. The summed E-state index contributed by atoms with van der Waals surface area (Å²) in [6, 6.07) is 28.8. The molecular formula is C31H27NO3S. The lowest BCUT2D eigenvalue weighted by atomic mass is 9.95. The molecular weight excluding hydrogens is 466 g/mol. The molecule has 2 N–H and O–H groups in total. The number of phenolic OH excluding ortho intramolecular Hbond substituents is 2. The molecule has 1 aliphatic rings. The molecule has 180 valence electrons. The number of aromatic hydroxyl groups is 2. The first-order valence-electron chi connectivity index (χ1n) is 11.9. The number of hydrogen-bond donors (Lipinski definition) is 2. The summed E-state index contributed by atoms with van der Waals surface area (Å²) >= 11 is 1.72. The highest BCUT2D eigenvalue weighted by Crippen LogP contribution is 2.40. The molecule has 0 aromatic heterocycles. The summed E-state index contributed by atoms with van der Waals surface area (Å²) in [6.07, 6.45) is 3.58. The van der Waals surface area contributed by atoms with Gasteiger partial charge in [-0.2, -0.15) is 0 Å². The van der Waals surface area contributed by atoms with E-state index in [1.54, 1.807) is 40.9 Å². The van der Waals surface area contributed by atoms with E-state index in [9.17, 15) is 15.0 Å². The van der Waals surface area contributed by atoms with Crippen molar-refractivity contribution in [3.05, 3.63) is 125 Å². The number of nitrogens with zero attached hydrogens (tertiary/aromatic N) is 1. The number of hydrogen-bond acceptors (Lipinski definition) is 4. The fourth-order valence-corrected chi connectivity index (χ4v) is 5.52. The average molecular weight is 494 g/mol. The number of fused-ring (bicyclic) bond motifs is 2. The molecule has 0 fully saturated rings. The van der Waals surface area contributed by atoms with Crippen LogP contribution in [0.2, 0.25) is 0 Å². The van der Waals surface area contributed by atoms with Crippen LogP contribution in [0.15, 0.2) is 107 Å². The van der Waals surface area contributed by atoms with Crippen LogP contribution in [0, 0.1) is 0 Å². The fourth-order valence-electron chi connectivity index (χ4n) is 4.44. The Bertz CT molecular complexity index is 1440. The van der Waals surface area contributed by atoms with Gasteiger partial charge >= 0.3 is 0 Å². The summed E-state index contributed by atoms with van der Waals surface area (Å²) < 4.78 is 0. The van der Waals surface area contributed by atoms with Gasteiger partial charge in [0.05, 0.1) is 0 Å². The Labute approximate surface area is 215 Å². The van der Waals surface area contributed by atoms with Gasteiger partial charge in [0.15, 0.2) is 0 Å². The number of likely N-dealkylation sites (N-methyl/N-ethyl adjacent to an activating group) is 1. The van der Waals surface area contributed by atoms with Crippen molar-refractivity contribution in [2.24, 2.45) is 0 Å². The topological polar surface area (TPSA) is 60.8 Å². The second-order valence-corrected chi connectivity index (χ2v) is 10.0. The molecule has 36 heavy (non-hydrogen) atoms. The first kappa shape index (κ1) is 23.8. The second-order valence-electron chi connectivity index (χ2n) is 8.94. The van der Waals surface area contributed by atoms with E-state index in [-0.39, 0.29) is 17.4 Å². The highest BCUT2D eigenvalue weighted by Gasteiger charge is 2.18. The zero-order valence-electron chi connectivity index (χ0n) is 20.0. The third kappa shape index (κ3) is 5.16. The van der Waals surface area contributed by atoms with Gasteiger partial charge in [0.25, 0.3) is 5.91 Å². The lowest BCUT2D eigenvalue weighted by Gasteiger charge is -2.21. The molecule has 0 bridgehead atoms. The minimum absolute atomic E-state index is 0.0202. The van der Waals surface area contributed by atoms with Gasteiger partial charge in [-0.1, -0.05) is 60.3 Å². The summed E-state index contributed by atoms with van der Waals surface area (Å²) in [6.45, 7) is 0.562. The summed E-state index contributed by atoms with van der Waals surface area (Å²) in [7, 11) is 1.82. The van der Waals surface area contributed by atoms with Gasteiger partial charge in [-0.25, -0.2) is 0 Å². The number of allylic oxidation sites excluding steroid dienone is 1. The van der Waals surface area contributed by atoms with Gasteiger partial charge in [-0.3, -0.25) is 4.79 Å². The van der Waals surface area contributed by atoms with Crippen LogP contribution in [0.5, 0.6) is 11.5 Å². The van der Waals surface area contributed by atoms with E-state index >= 15 is 0 Å². The van der Waals surface area contributed by atoms with Crippen molar-refractivity contribution < 1.29 is 15.0 Å². The highest BCUT2D eigenvalue weighted by atomic mass is 32.2. The van der Waals surface area contributed by atoms with Crippen LogP contribution in [0.3, 0.4) is 0 Å². The molecule has 4 nitrogen and oxygen atoms in total. The van der Waals surface area contributed by atoms with E-state index in [0.29, 0.717) is 24.9 Å². The average Bonchev–Trinajstić information content (AvgIpc) is 2.88. The standard InChI is InChI=1S/C31H27NO3S/c1-32(18-17-21-5-4-6-26(34)19-21)31(35)24-12-16-29-23(20-24)11-15-27(22-9-13-25(33)14-10-22)28-7-2-3-8-30(28)36-29/h2-10,12-16,19-20,33-34H,11,17-18H2,1H3/b27-15+. The predicted octanol–water partition coefficient (Wildman–Crippen LogP) is 6.55. The van der Waals surface area contributed by atoms with Gasteiger partial charge < -0.3 is 15.1 Å². The van der Waals surface area contributed by atoms with Gasteiger partial charge in [0, 0.05) is 28.9 Å². The lowest BCUT2D eigenvalue weighted by molar-refractivity contribution is 0.0796. The molecule has 0 radical (unpaired) electrons. The SMILES string of the molecule is CN(CCc1cccc(O)c1)C(=O)c1ccc2c(c1)C/C=C(\c1ccc(O)cc1)c1ccccc1S2. The van der Waals surface area contributed by atoms with Crippen molar-refractivity contribution in [2.75, 3.05) is 13.6 Å². The largest absolute Gasteiger partial charge is 0.508 e. The molecule has 1 heterocycles. The molecule has 5 rings (SSSR count). The third-order valence-corrected chi connectivity index (χ3v) is 7.60. The van der Waals surface area contributed by atoms with E-state index in [0.717, 1.165) is 37.6 Å². The molecule has 0 saturated carbocycles. The van der Waals surface area contributed by atoms with Gasteiger partial charge in [-0.05, 0) is 89.2 Å². The summed E-state index contributed by atoms with van der Waals surface area (Å²) in [5.41, 5.74) is 6.09. The molecule has 0 spiro atoms. The minimum Gasteiger partial charge on any atom is -0.508 e. The minimum atomic E-state index is -0.0202. The van der Waals surface area contributed by atoms with Crippen molar-refractivity contribution >= 4 is 23.2 Å². The van der Waals surface area contributed by atoms with E-state index in [4.69, 9.17) is 0 Å². The predicted molar refractivity (Wildman–Crippen MR) is 145 cm³/mol. The fraction of sp³-hybridized carbons (Fsp3) is 0.129. The number of benzene rings is 4. The van der Waals surface area contributed by atoms with Gasteiger partial charge in [0.2, 0.25) is 0 Å². The Morgan fingerprint density at radius 3 is 2.47 bits per heavy atom. The van der Waals surface area contributed by atoms with Crippen LogP contribution in [0.25, 0.3) is 5.57 Å². The maximum atomic E-state index is 13.2. The van der Waals surface area contributed by atoms with Crippen molar-refractivity contribution in [3.63, 3.8) is 0 Å². The van der Waals surface area contributed by atoms with Crippen molar-refractivity contribution in [2.45, 2.75) is 22.6 Å². The zero-order valence-corrected chi connectivity index (χ0v) is 20.8. The first-order chi connectivity index (χ1) is 17.5. The molecule has 1 amide bonds. The molecule has 1 aliphatic heterocycles. The molecule has 0 aliphatic carbocycles. The molecule has 5 heteroatoms. The molecule has 0 saturated heterocycles. The summed E-state index contributed by atoms with van der Waals surface area (Å²) in [4.78, 5) is 17.2. The maximum Gasteiger partial charge on any atom is 0.253 e. The number of rotatable bonds is 5. The third-order valence-electron chi connectivity index (χ3n) is 6.40. The molecule has 4 aromatic rings. The monoisotopic (exact) mass is 493 g/mol. The number of carbonyl (C=O) groups is 1. The Morgan fingerprint density at radius 2 is 1.67 bits per heavy atom. The second kappa shape index (κ2) is 10.3. The van der Waals surface area contributed by atoms with Crippen LogP contribution < -0.4 is 0 Å². The van der Waals surface area contributed by atoms with Gasteiger partial charge in [-0.15, -0.1) is 0 Å². The van der Waals surface area contributed by atoms with E-state index in [1.807, 2.05) is 61.6 Å². The normalized spacial score (nSPS) is 14.0. The summed E-state index contributed by atoms with van der Waals surface area (Å²) in [5.74, 6) is 0.463. The van der Waals surface area contributed by atoms with Crippen LogP contribution in [0.4, 0.5) is 0 Å². The Morgan fingerprint density at radius 1 is 0.861 bits per heavy atom. The zero-order chi connectivity index (χ0) is 25.1. The lowest BCUT2D eigenvalue weighted by Crippen LogP contribution is -2.29. The quantitative estimate of drug-likeness (QED) is 0.331. The first-order valence-corrected chi connectivity index (χ1v) is 12.7. The molecule has 0 unspecified atom stereocenters. The van der Waals surface area contributed by atoms with Crippen molar-refractivity contribution in [1.82, 2.24) is 4.90 Å². The van der Waals surface area contributed by atoms with E-state index in [1.165, 1.54) is 0 Å². The number of carbonyl (C=O) groups excluding carboxylic acids is 1.